The summed E-state index contributed by atoms with van der Waals surface area (Å²) in [6, 6.07) is 20.1. The van der Waals surface area contributed by atoms with Gasteiger partial charge in [0.2, 0.25) is 0 Å². The van der Waals surface area contributed by atoms with Gasteiger partial charge in [-0.3, -0.25) is 4.79 Å². The average molecular weight is 404 g/mol. The highest BCUT2D eigenvalue weighted by molar-refractivity contribution is 6.07. The van der Waals surface area contributed by atoms with Crippen LogP contribution in [0.4, 0.5) is 14.5 Å². The molecule has 1 aliphatic heterocycles. The minimum Gasteiger partial charge on any atom is -0.309 e. The quantitative estimate of drug-likeness (QED) is 0.662. The number of hydrogen-bond acceptors (Lipinski definition) is 2. The zero-order valence-electron chi connectivity index (χ0n) is 16.4. The van der Waals surface area contributed by atoms with Crippen molar-refractivity contribution in [1.29, 1.82) is 0 Å². The van der Waals surface area contributed by atoms with Crippen molar-refractivity contribution in [2.45, 2.75) is 31.3 Å². The van der Waals surface area contributed by atoms with Crippen molar-refractivity contribution in [1.82, 2.24) is 5.32 Å². The fourth-order valence-electron chi connectivity index (χ4n) is 4.30. The van der Waals surface area contributed by atoms with Gasteiger partial charge >= 0.3 is 0 Å². The van der Waals surface area contributed by atoms with Crippen LogP contribution in [0.3, 0.4) is 0 Å². The zero-order valence-corrected chi connectivity index (χ0v) is 16.4. The molecule has 0 bridgehead atoms. The van der Waals surface area contributed by atoms with E-state index < -0.39 is 11.6 Å². The molecule has 2 aliphatic rings. The highest BCUT2D eigenvalue weighted by atomic mass is 19.2. The van der Waals surface area contributed by atoms with E-state index >= 15 is 0 Å². The van der Waals surface area contributed by atoms with Gasteiger partial charge in [0.25, 0.3) is 5.91 Å². The molecule has 1 fully saturated rings. The van der Waals surface area contributed by atoms with Crippen LogP contribution in [0.1, 0.15) is 39.4 Å². The highest BCUT2D eigenvalue weighted by Gasteiger charge is 2.38. The van der Waals surface area contributed by atoms with Crippen LogP contribution in [-0.2, 0) is 13.0 Å². The maximum atomic E-state index is 13.5. The van der Waals surface area contributed by atoms with Gasteiger partial charge in [-0.1, -0.05) is 36.4 Å². The molecular formula is C25H22F2N2O. The number of carbonyl (C=O) groups excluding carboxylic acids is 1. The van der Waals surface area contributed by atoms with Crippen molar-refractivity contribution in [2.24, 2.45) is 0 Å². The third-order valence-corrected chi connectivity index (χ3v) is 6.04. The Hall–Kier alpha value is -3.05. The summed E-state index contributed by atoms with van der Waals surface area (Å²) in [4.78, 5) is 14.9. The molecule has 3 nitrogen and oxygen atoms in total. The van der Waals surface area contributed by atoms with Gasteiger partial charge in [0, 0.05) is 36.3 Å². The van der Waals surface area contributed by atoms with Crippen LogP contribution in [0.5, 0.6) is 0 Å². The molecule has 5 rings (SSSR count). The van der Waals surface area contributed by atoms with Gasteiger partial charge in [-0.2, -0.15) is 0 Å². The Morgan fingerprint density at radius 3 is 2.73 bits per heavy atom. The van der Waals surface area contributed by atoms with E-state index in [9.17, 15) is 13.6 Å². The topological polar surface area (TPSA) is 32.3 Å². The van der Waals surface area contributed by atoms with Crippen molar-refractivity contribution in [2.75, 3.05) is 11.4 Å². The molecule has 1 amide bonds. The van der Waals surface area contributed by atoms with Gasteiger partial charge in [0.1, 0.15) is 0 Å². The van der Waals surface area contributed by atoms with E-state index in [4.69, 9.17) is 0 Å². The predicted molar refractivity (Wildman–Crippen MR) is 113 cm³/mol. The molecule has 3 aromatic rings. The minimum absolute atomic E-state index is 0.0212. The number of hydrogen-bond donors (Lipinski definition) is 1. The van der Waals surface area contributed by atoms with E-state index in [1.54, 1.807) is 6.07 Å². The number of amides is 1. The second-order valence-electron chi connectivity index (χ2n) is 8.04. The SMILES string of the molecule is O=C(c1cccc(CN[C@@H]2C[C@H]2c2ccc(F)c(F)c2)c1)N1CCc2ccccc21. The normalized spacial score (nSPS) is 19.6. The molecule has 0 saturated heterocycles. The summed E-state index contributed by atoms with van der Waals surface area (Å²) in [5, 5.41) is 3.47. The number of benzene rings is 3. The van der Waals surface area contributed by atoms with Gasteiger partial charge in [-0.25, -0.2) is 8.78 Å². The summed E-state index contributed by atoms with van der Waals surface area (Å²) in [5.74, 6) is -1.39. The number of para-hydroxylation sites is 1. The lowest BCUT2D eigenvalue weighted by Gasteiger charge is -2.18. The Morgan fingerprint density at radius 1 is 1.00 bits per heavy atom. The van der Waals surface area contributed by atoms with E-state index in [0.29, 0.717) is 18.7 Å². The van der Waals surface area contributed by atoms with Crippen LogP contribution < -0.4 is 10.2 Å². The molecule has 0 spiro atoms. The third-order valence-electron chi connectivity index (χ3n) is 6.04. The molecule has 152 valence electrons. The number of rotatable bonds is 5. The Morgan fingerprint density at radius 2 is 1.87 bits per heavy atom. The van der Waals surface area contributed by atoms with Crippen LogP contribution in [0.2, 0.25) is 0 Å². The first-order valence-corrected chi connectivity index (χ1v) is 10.3. The Balaban J connectivity index is 1.23. The van der Waals surface area contributed by atoms with Crippen molar-refractivity contribution in [3.05, 3.63) is 101 Å². The molecule has 3 aromatic carbocycles. The maximum absolute atomic E-state index is 13.5. The molecule has 2 atom stereocenters. The molecule has 1 saturated carbocycles. The number of halogens is 2. The van der Waals surface area contributed by atoms with Crippen LogP contribution >= 0.6 is 0 Å². The monoisotopic (exact) mass is 404 g/mol. The Kier molecular flexibility index (Phi) is 4.83. The number of nitrogens with zero attached hydrogens (tertiary/aromatic N) is 1. The first-order valence-electron chi connectivity index (χ1n) is 10.3. The van der Waals surface area contributed by atoms with Crippen molar-refractivity contribution in [3.63, 3.8) is 0 Å². The summed E-state index contributed by atoms with van der Waals surface area (Å²) < 4.78 is 26.6. The first kappa shape index (κ1) is 18.9. The number of nitrogens with one attached hydrogen (secondary N) is 1. The van der Waals surface area contributed by atoms with Crippen LogP contribution in [0.25, 0.3) is 0 Å². The smallest absolute Gasteiger partial charge is 0.258 e. The van der Waals surface area contributed by atoms with Gasteiger partial charge in [0.05, 0.1) is 0 Å². The number of fused-ring (bicyclic) bond motifs is 1. The molecule has 0 radical (unpaired) electrons. The minimum atomic E-state index is -0.814. The van der Waals surface area contributed by atoms with E-state index in [1.807, 2.05) is 47.4 Å². The molecule has 5 heteroatoms. The summed E-state index contributed by atoms with van der Waals surface area (Å²) in [6.07, 6.45) is 1.78. The van der Waals surface area contributed by atoms with E-state index in [0.717, 1.165) is 29.7 Å². The first-order chi connectivity index (χ1) is 14.6. The third kappa shape index (κ3) is 3.61. The van der Waals surface area contributed by atoms with Gasteiger partial charge in [-0.15, -0.1) is 0 Å². The number of anilines is 1. The lowest BCUT2D eigenvalue weighted by Crippen LogP contribution is -2.29. The van der Waals surface area contributed by atoms with Crippen molar-refractivity contribution < 1.29 is 13.6 Å². The predicted octanol–water partition coefficient (Wildman–Crippen LogP) is 4.81. The van der Waals surface area contributed by atoms with Crippen LogP contribution in [0, 0.1) is 11.6 Å². The van der Waals surface area contributed by atoms with Crippen LogP contribution in [0.15, 0.2) is 66.7 Å². The average Bonchev–Trinajstić information content (AvgIpc) is 3.42. The number of carbonyl (C=O) groups is 1. The molecule has 1 N–H and O–H groups in total. The zero-order chi connectivity index (χ0) is 20.7. The van der Waals surface area contributed by atoms with Gasteiger partial charge in [0.15, 0.2) is 11.6 Å². The van der Waals surface area contributed by atoms with Crippen molar-refractivity contribution in [3.8, 4) is 0 Å². The summed E-state index contributed by atoms with van der Waals surface area (Å²) in [7, 11) is 0. The van der Waals surface area contributed by atoms with E-state index in [2.05, 4.69) is 11.4 Å². The molecular weight excluding hydrogens is 382 g/mol. The van der Waals surface area contributed by atoms with Gasteiger partial charge in [-0.05, 0) is 59.9 Å². The summed E-state index contributed by atoms with van der Waals surface area (Å²) in [5.41, 5.74) is 4.74. The van der Waals surface area contributed by atoms with E-state index in [1.165, 1.54) is 17.7 Å². The molecule has 30 heavy (non-hydrogen) atoms. The fourth-order valence-corrected chi connectivity index (χ4v) is 4.30. The summed E-state index contributed by atoms with van der Waals surface area (Å²) in [6.45, 7) is 1.33. The fraction of sp³-hybridized carbons (Fsp3) is 0.240. The van der Waals surface area contributed by atoms with Crippen molar-refractivity contribution >= 4 is 11.6 Å². The Labute approximate surface area is 174 Å². The molecule has 1 heterocycles. The summed E-state index contributed by atoms with van der Waals surface area (Å²) >= 11 is 0. The second-order valence-corrected chi connectivity index (χ2v) is 8.04. The Bertz CT molecular complexity index is 1110. The maximum Gasteiger partial charge on any atom is 0.258 e. The molecule has 0 aromatic heterocycles. The van der Waals surface area contributed by atoms with Crippen LogP contribution in [-0.4, -0.2) is 18.5 Å². The standard InChI is InChI=1S/C25H22F2N2O/c26-21-9-8-18(13-22(21)27)20-14-23(20)28-15-16-4-3-6-19(12-16)25(30)29-11-10-17-5-1-2-7-24(17)29/h1-9,12-13,20,23,28H,10-11,14-15H2/t20-,23+/m0/s1. The largest absolute Gasteiger partial charge is 0.309 e. The lowest BCUT2D eigenvalue weighted by molar-refractivity contribution is 0.0989. The lowest BCUT2D eigenvalue weighted by atomic mass is 10.1. The molecule has 0 unspecified atom stereocenters. The second kappa shape index (κ2) is 7.65. The highest BCUT2D eigenvalue weighted by Crippen LogP contribution is 2.41. The van der Waals surface area contributed by atoms with E-state index in [-0.39, 0.29) is 17.9 Å². The molecule has 1 aliphatic carbocycles. The van der Waals surface area contributed by atoms with Gasteiger partial charge < -0.3 is 10.2 Å².